The largest absolute Gasteiger partial charge is 1.00 e. The van der Waals surface area contributed by atoms with Crippen LogP contribution in [0.5, 0.6) is 0 Å². The smallest absolute Gasteiger partial charge is 0.855 e. The topological polar surface area (TPSA) is 219 Å². The van der Waals surface area contributed by atoms with Gasteiger partial charge in [0.1, 0.15) is 0 Å². The van der Waals surface area contributed by atoms with Crippen LogP contribution in [0.25, 0.3) is 45.5 Å². The first-order valence-corrected chi connectivity index (χ1v) is 53.5. The van der Waals surface area contributed by atoms with Gasteiger partial charge < -0.3 is 24.7 Å². The molecule has 0 aliphatic heterocycles. The minimum absolute atomic E-state index is 0. The van der Waals surface area contributed by atoms with E-state index in [1.54, 1.807) is 6.92 Å². The molecule has 0 spiro atoms. The SMILES string of the molecule is CC(C)c1cccc(C(C)C)c1-n1[c-][n+](-c2c(C(C)C)cccc2C(C)C)cc1.CC(C)c1cccc(C(C)C)c1-n1[c-][n+](-c2c(C(C)C)cccc2C(C)C)cc1.CC(C)c1cccc(C(C)C)c1-n1[c-][n+](-c2c(C(C)C)cccc2C(C)C)cc1.CC(C)c1cccc(C(C)C)c1-n1[c-][n+](-c2c(C(C)C)cccc2C(C)C)cc1.CC[O-].O=P([O-])(F)F.O=P([O-])(F)F.O=P([O-])(F)F.O=P([O-])(F)F.[Au+].[Au+].[Au+].[Au+]. The van der Waals surface area contributed by atoms with Gasteiger partial charge in [-0.15, -0.1) is 6.61 Å². The standard InChI is InChI=1S/4C27H36N2.C2H5O.4Au.4F2HO2P/c4*1-18(2)22-11-9-12-23(19(3)4)26(22)28-15-16-29(17-28)27-24(20(5)6)13-10-14-25(27)21(7)8;1-2-3;;;;;4*1-5(2,3)4/h4*9-16,18-21H,1-8H3;2H2,1H3;;;;;4*(H,3,4)/q;;;;-1;4*+1;;;;/p-4. The van der Waals surface area contributed by atoms with Crippen LogP contribution in [0.2, 0.25) is 0 Å². The van der Waals surface area contributed by atoms with Gasteiger partial charge in [-0.1, -0.05) is 374 Å². The second-order valence-electron chi connectivity index (χ2n) is 39.3. The van der Waals surface area contributed by atoms with Crippen LogP contribution in [-0.2, 0) is 108 Å². The third kappa shape index (κ3) is 42.9. The number of imidazole rings is 4. The maximum atomic E-state index is 10.0. The molecule has 4 aromatic heterocycles. The molecule has 8 aromatic carbocycles. The van der Waals surface area contributed by atoms with Crippen molar-refractivity contribution in [3.8, 4) is 45.5 Å². The summed E-state index contributed by atoms with van der Waals surface area (Å²) in [6.07, 6.45) is 31.9. The van der Waals surface area contributed by atoms with E-state index in [1.165, 1.54) is 135 Å². The maximum Gasteiger partial charge on any atom is 1.00 e. The van der Waals surface area contributed by atoms with E-state index in [9.17, 15) is 33.6 Å². The molecule has 0 aliphatic carbocycles. The summed E-state index contributed by atoms with van der Waals surface area (Å²) < 4.78 is 131. The number of hydrogen-bond acceptors (Lipinski definition) is 9. The van der Waals surface area contributed by atoms with E-state index in [0.717, 1.165) is 0 Å². The molecule has 33 heteroatoms. The van der Waals surface area contributed by atoms with E-state index in [-0.39, 0.29) is 96.1 Å². The van der Waals surface area contributed by atoms with Crippen LogP contribution in [0.3, 0.4) is 0 Å². The quantitative estimate of drug-likeness (QED) is 0.0184. The number of benzene rings is 8. The molecule has 0 radical (unpaired) electrons. The predicted molar refractivity (Wildman–Crippen MR) is 540 cm³/mol. The molecule has 0 bridgehead atoms. The zero-order valence-electron chi connectivity index (χ0n) is 88.7. The maximum absolute atomic E-state index is 10.0. The summed E-state index contributed by atoms with van der Waals surface area (Å²) in [6.45, 7) is 74.2. The summed E-state index contributed by atoms with van der Waals surface area (Å²) in [5.74, 6) is 7.36. The van der Waals surface area contributed by atoms with Crippen molar-refractivity contribution in [1.82, 2.24) is 18.3 Å². The van der Waals surface area contributed by atoms with Gasteiger partial charge in [-0.3, -0.25) is 54.8 Å². The van der Waals surface area contributed by atoms with Crippen LogP contribution in [-0.4, -0.2) is 24.9 Å². The van der Waals surface area contributed by atoms with E-state index < -0.39 is 32.0 Å². The van der Waals surface area contributed by atoms with E-state index in [2.05, 4.69) is 479 Å². The first kappa shape index (κ1) is 137. The van der Waals surface area contributed by atoms with E-state index in [0.29, 0.717) is 94.7 Å². The van der Waals surface area contributed by atoms with Gasteiger partial charge in [0.05, 0.1) is 45.5 Å². The first-order valence-electron chi connectivity index (χ1n) is 47.8. The van der Waals surface area contributed by atoms with Crippen LogP contribution in [0.1, 0.15) is 412 Å². The Balaban J connectivity index is 0.00000173. The third-order valence-electron chi connectivity index (χ3n) is 23.0. The minimum Gasteiger partial charge on any atom is -0.855 e. The Labute approximate surface area is 911 Å². The summed E-state index contributed by atoms with van der Waals surface area (Å²) in [5.41, 5.74) is 32.2. The fourth-order valence-electron chi connectivity index (χ4n) is 16.6. The summed E-state index contributed by atoms with van der Waals surface area (Å²) in [7, 11) is -23.6. The van der Waals surface area contributed by atoms with Crippen molar-refractivity contribution in [3.63, 3.8) is 0 Å². The van der Waals surface area contributed by atoms with Crippen LogP contribution < -0.4 is 42.9 Å². The van der Waals surface area contributed by atoms with Crippen molar-refractivity contribution < 1.29 is 184 Å². The van der Waals surface area contributed by atoms with Gasteiger partial charge in [-0.25, -0.2) is 0 Å². The van der Waals surface area contributed by atoms with Crippen LogP contribution in [0, 0.1) is 25.3 Å². The molecular formula is C110H149Au4F8N8O9P4-. The normalized spacial score (nSPS) is 11.5. The van der Waals surface area contributed by atoms with Gasteiger partial charge in [-0.2, -0.15) is 33.6 Å². The first-order chi connectivity index (χ1) is 64.3. The Morgan fingerprint density at radius 1 is 0.224 bits per heavy atom. The van der Waals surface area contributed by atoms with Crippen LogP contribution in [0.4, 0.5) is 33.6 Å². The average Bonchev–Trinajstić information content (AvgIpc) is 1.66. The molecule has 0 saturated heterocycles. The molecule has 4 heterocycles. The van der Waals surface area contributed by atoms with Gasteiger partial charge in [-0.05, 0) is 184 Å². The summed E-state index contributed by atoms with van der Waals surface area (Å²) in [6, 6.07) is 53.6. The summed E-state index contributed by atoms with van der Waals surface area (Å²) in [4.78, 5) is 33.3. The molecule has 12 rings (SSSR count). The number of nitrogens with zero attached hydrogens (tertiary/aromatic N) is 8. The van der Waals surface area contributed by atoms with Crippen LogP contribution in [0.15, 0.2) is 195 Å². The fraction of sp³-hybridized carbons (Fsp3) is 0.455. The Kier molecular flexibility index (Phi) is 59.6. The van der Waals surface area contributed by atoms with Crippen molar-refractivity contribution in [2.45, 2.75) is 323 Å². The van der Waals surface area contributed by atoms with Crippen molar-refractivity contribution in [3.05, 3.63) is 309 Å². The van der Waals surface area contributed by atoms with Crippen LogP contribution >= 0.6 is 32.0 Å². The molecule has 0 amide bonds. The molecule has 0 saturated carbocycles. The van der Waals surface area contributed by atoms with Gasteiger partial charge in [0.2, 0.25) is 0 Å². The molecule has 17 nitrogen and oxygen atoms in total. The van der Waals surface area contributed by atoms with Gasteiger partial charge in [0, 0.05) is 49.6 Å². The molecular weight excluding hydrogens is 2640 g/mol. The zero-order chi connectivity index (χ0) is 106. The Morgan fingerprint density at radius 3 is 0.392 bits per heavy atom. The molecule has 0 unspecified atom stereocenters. The van der Waals surface area contributed by atoms with E-state index >= 15 is 0 Å². The number of para-hydroxylation sites is 8. The predicted octanol–water partition coefficient (Wildman–Crippen LogP) is 29.1. The Bertz CT molecular complexity index is 4810. The molecule has 0 N–H and O–H groups in total. The number of aromatic nitrogens is 8. The second-order valence-corrected chi connectivity index (χ2v) is 42.6. The summed E-state index contributed by atoms with van der Waals surface area (Å²) in [5, 5.41) is 8.93. The monoisotopic (exact) mass is 2790 g/mol. The molecule has 0 fully saturated rings. The number of hydrogen-bond donors (Lipinski definition) is 0. The van der Waals surface area contributed by atoms with Gasteiger partial charge in [0.15, 0.2) is 0 Å². The zero-order valence-corrected chi connectivity index (χ0v) is 101. The molecule has 12 aromatic rings. The second kappa shape index (κ2) is 62.4. The third-order valence-corrected chi connectivity index (χ3v) is 23.0. The fourth-order valence-corrected chi connectivity index (χ4v) is 16.6. The van der Waals surface area contributed by atoms with Crippen molar-refractivity contribution in [1.29, 1.82) is 0 Å². The molecule has 804 valence electrons. The average molecular weight is 2790 g/mol. The van der Waals surface area contributed by atoms with Crippen molar-refractivity contribution in [2.75, 3.05) is 6.61 Å². The number of rotatable bonds is 24. The van der Waals surface area contributed by atoms with Gasteiger partial charge >= 0.3 is 121 Å². The van der Waals surface area contributed by atoms with Gasteiger partial charge in [0.25, 0.3) is 25.3 Å². The van der Waals surface area contributed by atoms with E-state index in [1.807, 2.05) is 0 Å². The molecule has 0 atom stereocenters. The van der Waals surface area contributed by atoms with Crippen molar-refractivity contribution >= 4 is 32.0 Å². The number of halogens is 8. The Morgan fingerprint density at radius 2 is 0.308 bits per heavy atom. The molecule has 143 heavy (non-hydrogen) atoms. The van der Waals surface area contributed by atoms with Crippen molar-refractivity contribution in [2.24, 2.45) is 0 Å². The summed E-state index contributed by atoms with van der Waals surface area (Å²) >= 11 is 0. The Hall–Kier alpha value is -6.28. The van der Waals surface area contributed by atoms with E-state index in [4.69, 9.17) is 42.9 Å². The molecule has 0 aliphatic rings. The minimum atomic E-state index is -5.89.